The molecule has 0 aliphatic carbocycles. The maximum atomic E-state index is 13.6. The number of carbonyl (C=O) groups is 1. The Kier molecular flexibility index (Phi) is 4.03. The van der Waals surface area contributed by atoms with Crippen molar-refractivity contribution in [2.24, 2.45) is 0 Å². The summed E-state index contributed by atoms with van der Waals surface area (Å²) in [6.45, 7) is 4.19. The largest absolute Gasteiger partial charge is 0.399 e. The fourth-order valence-electron chi connectivity index (χ4n) is 1.87. The number of benzene rings is 2. The minimum absolute atomic E-state index is 0.0575. The van der Waals surface area contributed by atoms with Gasteiger partial charge in [0.15, 0.2) is 0 Å². The number of anilines is 2. The molecule has 0 atom stereocenters. The molecule has 3 N–H and O–H groups in total. The molecule has 0 aromatic heterocycles. The van der Waals surface area contributed by atoms with E-state index in [1.54, 1.807) is 12.1 Å². The summed E-state index contributed by atoms with van der Waals surface area (Å²) >= 11 is 0. The van der Waals surface area contributed by atoms with Gasteiger partial charge in [-0.05, 0) is 41.8 Å². The molecular weight excluding hydrogens is 255 g/mol. The number of nitrogens with one attached hydrogen (secondary N) is 1. The third-order valence-corrected chi connectivity index (χ3v) is 3.07. The lowest BCUT2D eigenvalue weighted by molar-refractivity contribution is 0.102. The second kappa shape index (κ2) is 5.74. The molecule has 104 valence electrons. The summed E-state index contributed by atoms with van der Waals surface area (Å²) in [6, 6.07) is 11.4. The standard InChI is InChI=1S/C16H17FN2O/c1-10(2)11-3-6-13(7-4-11)19-16(20)14-9-12(18)5-8-15(14)17/h3-10H,18H2,1-2H3,(H,19,20). The predicted molar refractivity (Wildman–Crippen MR) is 79.3 cm³/mol. The Hall–Kier alpha value is -2.36. The lowest BCUT2D eigenvalue weighted by Crippen LogP contribution is -2.14. The van der Waals surface area contributed by atoms with Gasteiger partial charge in [-0.25, -0.2) is 4.39 Å². The molecule has 0 aliphatic heterocycles. The molecule has 4 heteroatoms. The number of hydrogen-bond donors (Lipinski definition) is 2. The average molecular weight is 272 g/mol. The first-order chi connectivity index (χ1) is 9.47. The SMILES string of the molecule is CC(C)c1ccc(NC(=O)c2cc(N)ccc2F)cc1. The number of rotatable bonds is 3. The van der Waals surface area contributed by atoms with E-state index in [1.165, 1.54) is 23.8 Å². The number of nitrogens with two attached hydrogens (primary N) is 1. The quantitative estimate of drug-likeness (QED) is 0.835. The smallest absolute Gasteiger partial charge is 0.258 e. The van der Waals surface area contributed by atoms with Gasteiger partial charge in [0.25, 0.3) is 5.91 Å². The van der Waals surface area contributed by atoms with Crippen molar-refractivity contribution in [2.45, 2.75) is 19.8 Å². The van der Waals surface area contributed by atoms with E-state index in [4.69, 9.17) is 5.73 Å². The molecule has 0 radical (unpaired) electrons. The van der Waals surface area contributed by atoms with E-state index >= 15 is 0 Å². The zero-order chi connectivity index (χ0) is 14.7. The van der Waals surface area contributed by atoms with E-state index in [-0.39, 0.29) is 5.56 Å². The molecule has 20 heavy (non-hydrogen) atoms. The zero-order valence-electron chi connectivity index (χ0n) is 11.5. The van der Waals surface area contributed by atoms with E-state index in [1.807, 2.05) is 12.1 Å². The molecule has 0 aliphatic rings. The maximum absolute atomic E-state index is 13.6. The van der Waals surface area contributed by atoms with Gasteiger partial charge in [-0.15, -0.1) is 0 Å². The van der Waals surface area contributed by atoms with Crippen LogP contribution in [0.2, 0.25) is 0 Å². The van der Waals surface area contributed by atoms with Crippen LogP contribution in [0.15, 0.2) is 42.5 Å². The van der Waals surface area contributed by atoms with Crippen LogP contribution in [0, 0.1) is 5.82 Å². The minimum Gasteiger partial charge on any atom is -0.399 e. The molecule has 0 fully saturated rings. The van der Waals surface area contributed by atoms with Gasteiger partial charge in [0.05, 0.1) is 5.56 Å². The van der Waals surface area contributed by atoms with Crippen LogP contribution >= 0.6 is 0 Å². The van der Waals surface area contributed by atoms with Gasteiger partial charge < -0.3 is 11.1 Å². The Balaban J connectivity index is 2.17. The first-order valence-corrected chi connectivity index (χ1v) is 6.43. The van der Waals surface area contributed by atoms with E-state index in [0.29, 0.717) is 17.3 Å². The number of halogens is 1. The van der Waals surface area contributed by atoms with Gasteiger partial charge >= 0.3 is 0 Å². The summed E-state index contributed by atoms with van der Waals surface area (Å²) in [7, 11) is 0. The number of amides is 1. The van der Waals surface area contributed by atoms with E-state index in [9.17, 15) is 9.18 Å². The zero-order valence-corrected chi connectivity index (χ0v) is 11.5. The fraction of sp³-hybridized carbons (Fsp3) is 0.188. The number of carbonyl (C=O) groups excluding carboxylic acids is 1. The van der Waals surface area contributed by atoms with Gasteiger partial charge in [0.1, 0.15) is 5.82 Å². The van der Waals surface area contributed by atoms with Gasteiger partial charge in [-0.1, -0.05) is 26.0 Å². The van der Waals surface area contributed by atoms with Crippen molar-refractivity contribution in [3.8, 4) is 0 Å². The van der Waals surface area contributed by atoms with Crippen molar-refractivity contribution in [2.75, 3.05) is 11.1 Å². The third kappa shape index (κ3) is 3.15. The summed E-state index contributed by atoms with van der Waals surface area (Å²) in [5.41, 5.74) is 7.67. The molecule has 1 amide bonds. The lowest BCUT2D eigenvalue weighted by atomic mass is 10.0. The summed E-state index contributed by atoms with van der Waals surface area (Å²) in [5.74, 6) is -0.672. The Morgan fingerprint density at radius 2 is 1.80 bits per heavy atom. The highest BCUT2D eigenvalue weighted by atomic mass is 19.1. The summed E-state index contributed by atoms with van der Waals surface area (Å²) in [4.78, 5) is 12.0. The highest BCUT2D eigenvalue weighted by molar-refractivity contribution is 6.04. The molecule has 0 saturated carbocycles. The predicted octanol–water partition coefficient (Wildman–Crippen LogP) is 3.78. The number of nitrogen functional groups attached to an aromatic ring is 1. The van der Waals surface area contributed by atoms with Crippen molar-refractivity contribution in [3.05, 3.63) is 59.4 Å². The van der Waals surface area contributed by atoms with Crippen LogP contribution in [0.4, 0.5) is 15.8 Å². The molecule has 0 unspecified atom stereocenters. The van der Waals surface area contributed by atoms with E-state index < -0.39 is 11.7 Å². The Labute approximate surface area is 117 Å². The molecular formula is C16H17FN2O. The van der Waals surface area contributed by atoms with Gasteiger partial charge in [0.2, 0.25) is 0 Å². The monoisotopic (exact) mass is 272 g/mol. The van der Waals surface area contributed by atoms with Crippen molar-refractivity contribution < 1.29 is 9.18 Å². The fourth-order valence-corrected chi connectivity index (χ4v) is 1.87. The second-order valence-electron chi connectivity index (χ2n) is 4.97. The Bertz CT molecular complexity index is 621. The number of hydrogen-bond acceptors (Lipinski definition) is 2. The molecule has 0 heterocycles. The van der Waals surface area contributed by atoms with Gasteiger partial charge in [0, 0.05) is 11.4 Å². The Morgan fingerprint density at radius 3 is 2.40 bits per heavy atom. The molecule has 3 nitrogen and oxygen atoms in total. The van der Waals surface area contributed by atoms with Crippen molar-refractivity contribution >= 4 is 17.3 Å². The first kappa shape index (κ1) is 14.1. The summed E-state index contributed by atoms with van der Waals surface area (Å²) in [5, 5.41) is 2.66. The van der Waals surface area contributed by atoms with Crippen molar-refractivity contribution in [1.29, 1.82) is 0 Å². The van der Waals surface area contributed by atoms with Crippen LogP contribution in [0.3, 0.4) is 0 Å². The molecule has 2 aromatic carbocycles. The first-order valence-electron chi connectivity index (χ1n) is 6.43. The van der Waals surface area contributed by atoms with E-state index in [2.05, 4.69) is 19.2 Å². The highest BCUT2D eigenvalue weighted by Crippen LogP contribution is 2.19. The second-order valence-corrected chi connectivity index (χ2v) is 4.97. The van der Waals surface area contributed by atoms with Crippen molar-refractivity contribution in [1.82, 2.24) is 0 Å². The molecule has 0 bridgehead atoms. The van der Waals surface area contributed by atoms with Crippen LogP contribution in [0.25, 0.3) is 0 Å². The van der Waals surface area contributed by atoms with Gasteiger partial charge in [-0.2, -0.15) is 0 Å². The van der Waals surface area contributed by atoms with Crippen LogP contribution in [-0.2, 0) is 0 Å². The van der Waals surface area contributed by atoms with Crippen LogP contribution < -0.4 is 11.1 Å². The molecule has 2 aromatic rings. The van der Waals surface area contributed by atoms with Crippen LogP contribution in [0.1, 0.15) is 35.7 Å². The van der Waals surface area contributed by atoms with Crippen LogP contribution in [0.5, 0.6) is 0 Å². The topological polar surface area (TPSA) is 55.1 Å². The van der Waals surface area contributed by atoms with Crippen molar-refractivity contribution in [3.63, 3.8) is 0 Å². The molecule has 0 spiro atoms. The molecule has 0 saturated heterocycles. The highest BCUT2D eigenvalue weighted by Gasteiger charge is 2.12. The molecule has 2 rings (SSSR count). The van der Waals surface area contributed by atoms with Crippen LogP contribution in [-0.4, -0.2) is 5.91 Å². The third-order valence-electron chi connectivity index (χ3n) is 3.07. The normalized spacial score (nSPS) is 10.6. The summed E-state index contributed by atoms with van der Waals surface area (Å²) in [6.07, 6.45) is 0. The van der Waals surface area contributed by atoms with Gasteiger partial charge in [-0.3, -0.25) is 4.79 Å². The maximum Gasteiger partial charge on any atom is 0.258 e. The Morgan fingerprint density at radius 1 is 1.15 bits per heavy atom. The lowest BCUT2D eigenvalue weighted by Gasteiger charge is -2.09. The summed E-state index contributed by atoms with van der Waals surface area (Å²) < 4.78 is 13.6. The minimum atomic E-state index is -0.587. The van der Waals surface area contributed by atoms with E-state index in [0.717, 1.165) is 0 Å². The average Bonchev–Trinajstić information content (AvgIpc) is 2.42.